The Bertz CT molecular complexity index is 939. The second-order valence-corrected chi connectivity index (χ2v) is 8.46. The first-order chi connectivity index (χ1) is 14.2. The lowest BCUT2D eigenvalue weighted by Crippen LogP contribution is -2.37. The zero-order chi connectivity index (χ0) is 19.7. The molecule has 2 aliphatic rings. The van der Waals surface area contributed by atoms with Gasteiger partial charge in [-0.15, -0.1) is 0 Å². The van der Waals surface area contributed by atoms with Gasteiger partial charge in [-0.25, -0.2) is 4.98 Å². The number of nitrogens with one attached hydrogen (secondary N) is 2. The number of carbonyl (C=O) groups excluding carboxylic acids is 1. The number of fused-ring (bicyclic) bond motifs is 1. The topological polar surface area (TPSA) is 80.9 Å². The van der Waals surface area contributed by atoms with Crippen molar-refractivity contribution in [3.63, 3.8) is 0 Å². The Balaban J connectivity index is 1.34. The predicted molar refractivity (Wildman–Crippen MR) is 109 cm³/mol. The van der Waals surface area contributed by atoms with Crippen LogP contribution in [-0.4, -0.2) is 62.1 Å². The van der Waals surface area contributed by atoms with Crippen molar-refractivity contribution < 1.29 is 4.79 Å². The molecule has 7 heteroatoms. The molecule has 0 saturated carbocycles. The second kappa shape index (κ2) is 7.48. The van der Waals surface area contributed by atoms with E-state index < -0.39 is 0 Å². The van der Waals surface area contributed by atoms with Crippen LogP contribution in [0.1, 0.15) is 28.0 Å². The van der Waals surface area contributed by atoms with Gasteiger partial charge in [0.15, 0.2) is 0 Å². The quantitative estimate of drug-likeness (QED) is 0.677. The van der Waals surface area contributed by atoms with Gasteiger partial charge in [0.2, 0.25) is 0 Å². The molecule has 4 heterocycles. The molecule has 29 heavy (non-hydrogen) atoms. The second-order valence-electron chi connectivity index (χ2n) is 8.46. The van der Waals surface area contributed by atoms with Crippen molar-refractivity contribution >= 4 is 5.91 Å². The van der Waals surface area contributed by atoms with Crippen molar-refractivity contribution in [2.75, 3.05) is 26.2 Å². The van der Waals surface area contributed by atoms with Gasteiger partial charge < -0.3 is 9.88 Å². The molecule has 150 valence electrons. The first kappa shape index (κ1) is 18.1. The normalized spacial score (nSPS) is 24.1. The van der Waals surface area contributed by atoms with E-state index in [4.69, 9.17) is 0 Å². The molecular weight excluding hydrogens is 364 g/mol. The number of hydrogen-bond acceptors (Lipinski definition) is 4. The molecule has 0 aliphatic carbocycles. The molecular formula is C22H26N6O. The van der Waals surface area contributed by atoms with Gasteiger partial charge in [-0.05, 0) is 24.3 Å². The third kappa shape index (κ3) is 3.58. The predicted octanol–water partition coefficient (Wildman–Crippen LogP) is 2.34. The first-order valence-corrected chi connectivity index (χ1v) is 10.2. The number of aromatic nitrogens is 4. The fraction of sp³-hybridized carbons (Fsp3) is 0.409. The summed E-state index contributed by atoms with van der Waals surface area (Å²) < 4.78 is 0. The fourth-order valence-electron chi connectivity index (χ4n) is 5.12. The van der Waals surface area contributed by atoms with Crippen molar-refractivity contribution in [2.24, 2.45) is 11.3 Å². The minimum Gasteiger partial charge on any atom is -0.347 e. The number of likely N-dealkylation sites (tertiary alicyclic amines) is 2. The smallest absolute Gasteiger partial charge is 0.257 e. The molecule has 1 aromatic carbocycles. The number of imidazole rings is 1. The van der Waals surface area contributed by atoms with E-state index in [2.05, 4.69) is 55.4 Å². The summed E-state index contributed by atoms with van der Waals surface area (Å²) in [5.74, 6) is 0.581. The molecule has 2 unspecified atom stereocenters. The summed E-state index contributed by atoms with van der Waals surface area (Å²) in [6, 6.07) is 10.7. The van der Waals surface area contributed by atoms with Crippen molar-refractivity contribution in [2.45, 2.75) is 19.4 Å². The molecule has 2 N–H and O–H groups in total. The van der Waals surface area contributed by atoms with Crippen LogP contribution in [0.3, 0.4) is 0 Å². The Morgan fingerprint density at radius 1 is 1.17 bits per heavy atom. The van der Waals surface area contributed by atoms with Gasteiger partial charge in [0, 0.05) is 56.2 Å². The number of benzene rings is 1. The average molecular weight is 390 g/mol. The number of amides is 1. The van der Waals surface area contributed by atoms with Crippen molar-refractivity contribution in [3.05, 3.63) is 72.1 Å². The molecule has 0 radical (unpaired) electrons. The van der Waals surface area contributed by atoms with Crippen LogP contribution < -0.4 is 0 Å². The molecule has 2 aliphatic heterocycles. The van der Waals surface area contributed by atoms with Gasteiger partial charge in [0.05, 0.1) is 18.1 Å². The zero-order valence-electron chi connectivity index (χ0n) is 16.4. The summed E-state index contributed by atoms with van der Waals surface area (Å²) in [5, 5.41) is 6.70. The Hall–Kier alpha value is -2.93. The standard InChI is InChI=1S/C22H26N6O/c29-21(18-8-25-26-9-18)28-12-19-11-27(13-20-10-23-16-24-20)14-22(19,15-28)7-6-17-4-2-1-3-5-17/h1-5,8-10,16,19H,6-7,11-15H2,(H,23,24)(H,25,26). The highest BCUT2D eigenvalue weighted by Crippen LogP contribution is 2.46. The molecule has 0 bridgehead atoms. The highest BCUT2D eigenvalue weighted by Gasteiger charge is 2.52. The highest BCUT2D eigenvalue weighted by atomic mass is 16.2. The van der Waals surface area contributed by atoms with Gasteiger partial charge in [-0.2, -0.15) is 5.10 Å². The van der Waals surface area contributed by atoms with E-state index >= 15 is 0 Å². The highest BCUT2D eigenvalue weighted by molar-refractivity contribution is 5.94. The fourth-order valence-corrected chi connectivity index (χ4v) is 5.12. The van der Waals surface area contributed by atoms with E-state index in [1.54, 1.807) is 18.7 Å². The van der Waals surface area contributed by atoms with Crippen molar-refractivity contribution in [1.29, 1.82) is 0 Å². The van der Waals surface area contributed by atoms with E-state index in [-0.39, 0.29) is 11.3 Å². The Kier molecular flexibility index (Phi) is 4.67. The van der Waals surface area contributed by atoms with Gasteiger partial charge >= 0.3 is 0 Å². The number of carbonyl (C=O) groups is 1. The molecule has 2 fully saturated rings. The van der Waals surface area contributed by atoms with Gasteiger partial charge in [0.25, 0.3) is 5.91 Å². The Labute approximate surface area is 170 Å². The summed E-state index contributed by atoms with van der Waals surface area (Å²) >= 11 is 0. The lowest BCUT2D eigenvalue weighted by molar-refractivity contribution is 0.0755. The molecule has 2 saturated heterocycles. The van der Waals surface area contributed by atoms with E-state index in [1.165, 1.54) is 5.56 Å². The van der Waals surface area contributed by atoms with Crippen LogP contribution in [0.15, 0.2) is 55.2 Å². The van der Waals surface area contributed by atoms with Crippen LogP contribution in [0.25, 0.3) is 0 Å². The minimum absolute atomic E-state index is 0.0901. The molecule has 0 spiro atoms. The monoisotopic (exact) mass is 390 g/mol. The maximum Gasteiger partial charge on any atom is 0.257 e. The van der Waals surface area contributed by atoms with Crippen LogP contribution in [-0.2, 0) is 13.0 Å². The lowest BCUT2D eigenvalue weighted by Gasteiger charge is -2.29. The minimum atomic E-state index is 0.0901. The number of aryl methyl sites for hydroxylation is 1. The summed E-state index contributed by atoms with van der Waals surface area (Å²) in [6.45, 7) is 4.55. The number of rotatable bonds is 6. The molecule has 1 amide bonds. The Morgan fingerprint density at radius 3 is 2.83 bits per heavy atom. The van der Waals surface area contributed by atoms with Crippen LogP contribution in [0.4, 0.5) is 0 Å². The number of H-pyrrole nitrogens is 2. The molecule has 2 atom stereocenters. The third-order valence-electron chi connectivity index (χ3n) is 6.57. The number of aromatic amines is 2. The Morgan fingerprint density at radius 2 is 2.07 bits per heavy atom. The average Bonchev–Trinajstić information content (AvgIpc) is 3.51. The molecule has 5 rings (SSSR count). The van der Waals surface area contributed by atoms with Gasteiger partial charge in [0.1, 0.15) is 0 Å². The SMILES string of the molecule is O=C(c1cn[nH]c1)N1CC2CN(Cc3cnc[nH]3)CC2(CCc2ccccc2)C1. The maximum atomic E-state index is 12.9. The third-order valence-corrected chi connectivity index (χ3v) is 6.57. The van der Waals surface area contributed by atoms with Crippen LogP contribution in [0.5, 0.6) is 0 Å². The largest absolute Gasteiger partial charge is 0.347 e. The molecule has 2 aromatic heterocycles. The van der Waals surface area contributed by atoms with Crippen LogP contribution >= 0.6 is 0 Å². The van der Waals surface area contributed by atoms with Gasteiger partial charge in [-0.3, -0.25) is 14.8 Å². The zero-order valence-corrected chi connectivity index (χ0v) is 16.4. The molecule has 3 aromatic rings. The van der Waals surface area contributed by atoms with Gasteiger partial charge in [-0.1, -0.05) is 30.3 Å². The van der Waals surface area contributed by atoms with Crippen molar-refractivity contribution in [3.8, 4) is 0 Å². The lowest BCUT2D eigenvalue weighted by atomic mass is 9.76. The van der Waals surface area contributed by atoms with E-state index in [0.717, 1.165) is 51.3 Å². The van der Waals surface area contributed by atoms with E-state index in [0.29, 0.717) is 11.5 Å². The van der Waals surface area contributed by atoms with E-state index in [1.807, 2.05) is 11.1 Å². The summed E-state index contributed by atoms with van der Waals surface area (Å²) in [5.41, 5.74) is 3.30. The summed E-state index contributed by atoms with van der Waals surface area (Å²) in [7, 11) is 0. The molecule has 7 nitrogen and oxygen atoms in total. The van der Waals surface area contributed by atoms with E-state index in [9.17, 15) is 4.79 Å². The van der Waals surface area contributed by atoms with Crippen molar-refractivity contribution in [1.82, 2.24) is 30.0 Å². The summed E-state index contributed by atoms with van der Waals surface area (Å²) in [6.07, 6.45) is 9.09. The number of hydrogen-bond donors (Lipinski definition) is 2. The van der Waals surface area contributed by atoms with Crippen LogP contribution in [0.2, 0.25) is 0 Å². The van der Waals surface area contributed by atoms with Crippen LogP contribution in [0, 0.1) is 11.3 Å². The maximum absolute atomic E-state index is 12.9. The first-order valence-electron chi connectivity index (χ1n) is 10.2. The summed E-state index contributed by atoms with van der Waals surface area (Å²) in [4.78, 5) is 24.9. The number of nitrogens with zero attached hydrogens (tertiary/aromatic N) is 4.